The molecule has 0 aromatic carbocycles. The minimum Gasteiger partial charge on any atom is -0.481 e. The van der Waals surface area contributed by atoms with E-state index < -0.39 is 17.4 Å². The van der Waals surface area contributed by atoms with Gasteiger partial charge in [-0.15, -0.1) is 0 Å². The third-order valence-electron chi connectivity index (χ3n) is 3.44. The smallest absolute Gasteiger partial charge is 0.317 e. The van der Waals surface area contributed by atoms with Gasteiger partial charge in [0, 0.05) is 20.1 Å². The number of aliphatic carboxylic acids is 1. The first kappa shape index (κ1) is 15.3. The van der Waals surface area contributed by atoms with Gasteiger partial charge >= 0.3 is 12.0 Å². The van der Waals surface area contributed by atoms with Crippen molar-refractivity contribution in [3.05, 3.63) is 0 Å². The second-order valence-electron chi connectivity index (χ2n) is 4.91. The van der Waals surface area contributed by atoms with Crippen molar-refractivity contribution in [3.8, 4) is 0 Å². The van der Waals surface area contributed by atoms with Crippen LogP contribution >= 0.6 is 0 Å². The van der Waals surface area contributed by atoms with E-state index in [4.69, 9.17) is 5.11 Å². The number of carbonyl (C=O) groups is 3. The molecule has 0 aromatic rings. The standard InChI is InChI=1S/C12H21N3O4/c1-3-13-9(16)7-15(2)11(19)14-8-12(10(17)18)5-4-6-12/h3-8H2,1-2H3,(H,13,16)(H,14,19)(H,17,18). The molecule has 1 rings (SSSR count). The lowest BCUT2D eigenvalue weighted by molar-refractivity contribution is -0.153. The molecule has 3 amide bonds. The maximum atomic E-state index is 11.7. The van der Waals surface area contributed by atoms with Gasteiger partial charge in [-0.2, -0.15) is 0 Å². The second kappa shape index (κ2) is 6.40. The van der Waals surface area contributed by atoms with Gasteiger partial charge in [-0.3, -0.25) is 9.59 Å². The van der Waals surface area contributed by atoms with Crippen LogP contribution < -0.4 is 10.6 Å². The number of likely N-dealkylation sites (N-methyl/N-ethyl adjacent to an activating group) is 2. The summed E-state index contributed by atoms with van der Waals surface area (Å²) >= 11 is 0. The lowest BCUT2D eigenvalue weighted by atomic mass is 9.69. The zero-order valence-electron chi connectivity index (χ0n) is 11.4. The molecule has 0 spiro atoms. The maximum absolute atomic E-state index is 11.7. The number of nitrogens with zero attached hydrogens (tertiary/aromatic N) is 1. The number of carboxylic acid groups (broad SMARTS) is 1. The van der Waals surface area contributed by atoms with Crippen LogP contribution in [-0.4, -0.2) is 54.6 Å². The number of nitrogens with one attached hydrogen (secondary N) is 2. The quantitative estimate of drug-likeness (QED) is 0.634. The lowest BCUT2D eigenvalue weighted by Crippen LogP contribution is -2.51. The predicted octanol–water partition coefficient (Wildman–Crippen LogP) is 0.0188. The summed E-state index contributed by atoms with van der Waals surface area (Å²) in [6.07, 6.45) is 2.04. The summed E-state index contributed by atoms with van der Waals surface area (Å²) in [6, 6.07) is -0.432. The third-order valence-corrected chi connectivity index (χ3v) is 3.44. The van der Waals surface area contributed by atoms with Crippen molar-refractivity contribution in [2.45, 2.75) is 26.2 Å². The summed E-state index contributed by atoms with van der Waals surface area (Å²) in [5.41, 5.74) is -0.817. The SMILES string of the molecule is CCNC(=O)CN(C)C(=O)NCC1(C(=O)O)CCC1. The molecule has 108 valence electrons. The largest absolute Gasteiger partial charge is 0.481 e. The molecule has 0 heterocycles. The molecule has 7 heteroatoms. The molecule has 0 aliphatic heterocycles. The number of urea groups is 1. The van der Waals surface area contributed by atoms with E-state index in [0.717, 1.165) is 6.42 Å². The van der Waals surface area contributed by atoms with Crippen LogP contribution in [0, 0.1) is 5.41 Å². The number of hydrogen-bond donors (Lipinski definition) is 3. The van der Waals surface area contributed by atoms with Crippen molar-refractivity contribution in [2.24, 2.45) is 5.41 Å². The van der Waals surface area contributed by atoms with Crippen molar-refractivity contribution in [1.29, 1.82) is 0 Å². The summed E-state index contributed by atoms with van der Waals surface area (Å²) in [5.74, 6) is -1.11. The minimum absolute atomic E-state index is 0.0419. The minimum atomic E-state index is -0.870. The molecule has 1 fully saturated rings. The first-order valence-electron chi connectivity index (χ1n) is 6.40. The summed E-state index contributed by atoms with van der Waals surface area (Å²) < 4.78 is 0. The molecule has 1 aliphatic carbocycles. The normalized spacial score (nSPS) is 16.1. The van der Waals surface area contributed by atoms with Crippen molar-refractivity contribution < 1.29 is 19.5 Å². The molecule has 1 saturated carbocycles. The Kier molecular flexibility index (Phi) is 5.14. The topological polar surface area (TPSA) is 98.7 Å². The number of carbonyl (C=O) groups excluding carboxylic acids is 2. The van der Waals surface area contributed by atoms with Gasteiger partial charge in [-0.1, -0.05) is 6.42 Å². The number of carboxylic acids is 1. The molecule has 1 aliphatic rings. The van der Waals surface area contributed by atoms with Gasteiger partial charge in [0.2, 0.25) is 5.91 Å². The molecule has 0 bridgehead atoms. The van der Waals surface area contributed by atoms with E-state index in [9.17, 15) is 14.4 Å². The van der Waals surface area contributed by atoms with Crippen LogP contribution in [0.25, 0.3) is 0 Å². The average Bonchev–Trinajstić information content (AvgIpc) is 2.26. The highest BCUT2D eigenvalue weighted by Crippen LogP contribution is 2.40. The number of amides is 3. The fourth-order valence-electron chi connectivity index (χ4n) is 1.99. The highest BCUT2D eigenvalue weighted by Gasteiger charge is 2.44. The van der Waals surface area contributed by atoms with E-state index in [2.05, 4.69) is 10.6 Å². The Morgan fingerprint density at radius 3 is 2.32 bits per heavy atom. The van der Waals surface area contributed by atoms with Gasteiger partial charge in [-0.25, -0.2) is 4.79 Å². The Hall–Kier alpha value is -1.79. The van der Waals surface area contributed by atoms with Gasteiger partial charge in [0.25, 0.3) is 0 Å². The molecule has 0 saturated heterocycles. The van der Waals surface area contributed by atoms with Crippen LogP contribution in [0.1, 0.15) is 26.2 Å². The Morgan fingerprint density at radius 1 is 1.26 bits per heavy atom. The summed E-state index contributed by atoms with van der Waals surface area (Å²) in [6.45, 7) is 2.38. The average molecular weight is 271 g/mol. The Balaban J connectivity index is 2.38. The lowest BCUT2D eigenvalue weighted by Gasteiger charge is -2.37. The maximum Gasteiger partial charge on any atom is 0.317 e. The highest BCUT2D eigenvalue weighted by atomic mass is 16.4. The summed E-state index contributed by atoms with van der Waals surface area (Å²) in [5, 5.41) is 14.3. The van der Waals surface area contributed by atoms with E-state index in [-0.39, 0.29) is 19.0 Å². The molecular formula is C12H21N3O4. The molecule has 0 atom stereocenters. The van der Waals surface area contributed by atoms with Gasteiger partial charge in [0.05, 0.1) is 5.41 Å². The molecule has 0 radical (unpaired) electrons. The van der Waals surface area contributed by atoms with E-state index >= 15 is 0 Å². The van der Waals surface area contributed by atoms with Gasteiger partial charge in [0.1, 0.15) is 6.54 Å². The molecule has 7 nitrogen and oxygen atoms in total. The summed E-state index contributed by atoms with van der Waals surface area (Å²) in [4.78, 5) is 35.4. The molecular weight excluding hydrogens is 250 g/mol. The molecule has 19 heavy (non-hydrogen) atoms. The van der Waals surface area contributed by atoms with E-state index in [1.54, 1.807) is 6.92 Å². The third kappa shape index (κ3) is 3.84. The first-order chi connectivity index (χ1) is 8.91. The van der Waals surface area contributed by atoms with Crippen LogP contribution in [0.2, 0.25) is 0 Å². The van der Waals surface area contributed by atoms with E-state index in [1.165, 1.54) is 11.9 Å². The van der Waals surface area contributed by atoms with Crippen molar-refractivity contribution >= 4 is 17.9 Å². The Labute approximate surface area is 112 Å². The Morgan fingerprint density at radius 2 is 1.89 bits per heavy atom. The zero-order chi connectivity index (χ0) is 14.5. The van der Waals surface area contributed by atoms with Crippen LogP contribution in [-0.2, 0) is 9.59 Å². The van der Waals surface area contributed by atoms with Crippen molar-refractivity contribution in [3.63, 3.8) is 0 Å². The van der Waals surface area contributed by atoms with Crippen LogP contribution in [0.4, 0.5) is 4.79 Å². The van der Waals surface area contributed by atoms with Crippen LogP contribution in [0.5, 0.6) is 0 Å². The summed E-state index contributed by atoms with van der Waals surface area (Å²) in [7, 11) is 1.50. The van der Waals surface area contributed by atoms with Crippen molar-refractivity contribution in [2.75, 3.05) is 26.7 Å². The monoisotopic (exact) mass is 271 g/mol. The van der Waals surface area contributed by atoms with Crippen LogP contribution in [0.15, 0.2) is 0 Å². The zero-order valence-corrected chi connectivity index (χ0v) is 11.4. The molecule has 0 unspecified atom stereocenters. The number of hydrogen-bond acceptors (Lipinski definition) is 3. The Bertz CT molecular complexity index is 366. The fourth-order valence-corrected chi connectivity index (χ4v) is 1.99. The first-order valence-corrected chi connectivity index (χ1v) is 6.40. The number of rotatable bonds is 6. The second-order valence-corrected chi connectivity index (χ2v) is 4.91. The highest BCUT2D eigenvalue weighted by molar-refractivity contribution is 5.84. The predicted molar refractivity (Wildman–Crippen MR) is 68.6 cm³/mol. The fraction of sp³-hybridized carbons (Fsp3) is 0.750. The van der Waals surface area contributed by atoms with Gasteiger partial charge in [0.15, 0.2) is 0 Å². The van der Waals surface area contributed by atoms with Gasteiger partial charge < -0.3 is 20.6 Å². The molecule has 0 aromatic heterocycles. The molecule has 3 N–H and O–H groups in total. The van der Waals surface area contributed by atoms with Gasteiger partial charge in [-0.05, 0) is 19.8 Å². The van der Waals surface area contributed by atoms with E-state index in [1.807, 2.05) is 0 Å². The van der Waals surface area contributed by atoms with E-state index in [0.29, 0.717) is 19.4 Å². The van der Waals surface area contributed by atoms with Crippen LogP contribution in [0.3, 0.4) is 0 Å². The van der Waals surface area contributed by atoms with Crippen molar-refractivity contribution in [1.82, 2.24) is 15.5 Å².